The van der Waals surface area contributed by atoms with Crippen LogP contribution in [-0.4, -0.2) is 26.1 Å². The second-order valence-corrected chi connectivity index (χ2v) is 6.81. The molecule has 1 N–H and O–H groups in total. The van der Waals surface area contributed by atoms with Crippen LogP contribution in [0.4, 0.5) is 0 Å². The third-order valence-electron chi connectivity index (χ3n) is 3.85. The number of hydrogen-bond acceptors (Lipinski definition) is 4. The van der Waals surface area contributed by atoms with Crippen molar-refractivity contribution in [1.29, 1.82) is 0 Å². The number of halogens is 2. The number of nitrogens with zero attached hydrogens (tertiary/aromatic N) is 4. The number of carbonyl (C=O) groups excluding carboxylic acids is 1. The van der Waals surface area contributed by atoms with Gasteiger partial charge in [-0.1, -0.05) is 59.1 Å². The van der Waals surface area contributed by atoms with E-state index in [0.717, 1.165) is 16.7 Å². The average molecular weight is 390 g/mol. The molecule has 1 amide bonds. The third-order valence-corrected chi connectivity index (χ3v) is 4.42. The van der Waals surface area contributed by atoms with Gasteiger partial charge >= 0.3 is 0 Å². The van der Waals surface area contributed by atoms with Crippen molar-refractivity contribution < 1.29 is 4.79 Å². The van der Waals surface area contributed by atoms with Gasteiger partial charge < -0.3 is 5.32 Å². The Kier molecular flexibility index (Phi) is 5.54. The predicted octanol–water partition coefficient (Wildman–Crippen LogP) is 3.83. The predicted molar refractivity (Wildman–Crippen MR) is 101 cm³/mol. The summed E-state index contributed by atoms with van der Waals surface area (Å²) >= 11 is 12.1. The van der Waals surface area contributed by atoms with Gasteiger partial charge in [-0.3, -0.25) is 4.79 Å². The highest BCUT2D eigenvalue weighted by Gasteiger charge is 2.15. The third kappa shape index (κ3) is 4.39. The van der Waals surface area contributed by atoms with Crippen LogP contribution in [0.3, 0.4) is 0 Å². The number of tetrazole rings is 1. The lowest BCUT2D eigenvalue weighted by atomic mass is 10.1. The topological polar surface area (TPSA) is 72.7 Å². The van der Waals surface area contributed by atoms with E-state index in [1.54, 1.807) is 18.2 Å². The lowest BCUT2D eigenvalue weighted by Gasteiger charge is -2.15. The van der Waals surface area contributed by atoms with Gasteiger partial charge in [0.1, 0.15) is 6.54 Å². The van der Waals surface area contributed by atoms with Crippen LogP contribution in [0.25, 0.3) is 11.4 Å². The van der Waals surface area contributed by atoms with Gasteiger partial charge in [0.2, 0.25) is 11.7 Å². The summed E-state index contributed by atoms with van der Waals surface area (Å²) in [6, 6.07) is 12.7. The molecule has 3 aromatic rings. The number of amides is 1. The summed E-state index contributed by atoms with van der Waals surface area (Å²) in [5, 5.41) is 16.1. The zero-order valence-electron chi connectivity index (χ0n) is 14.3. The van der Waals surface area contributed by atoms with Gasteiger partial charge in [0.05, 0.1) is 6.04 Å². The minimum absolute atomic E-state index is 0.0333. The normalized spacial score (nSPS) is 12.0. The standard InChI is InChI=1S/C18H17Cl2N5O/c1-11-3-5-13(6-4-11)18-22-24-25(23-18)10-17(26)21-12(2)15-8-7-14(19)9-16(15)20/h3-9,12H,10H2,1-2H3,(H,21,26)/t12-/m1/s1. The highest BCUT2D eigenvalue weighted by atomic mass is 35.5. The Morgan fingerprint density at radius 1 is 1.19 bits per heavy atom. The highest BCUT2D eigenvalue weighted by molar-refractivity contribution is 6.35. The van der Waals surface area contributed by atoms with Crippen LogP contribution in [0.1, 0.15) is 24.1 Å². The molecule has 134 valence electrons. The Morgan fingerprint density at radius 2 is 1.92 bits per heavy atom. The minimum Gasteiger partial charge on any atom is -0.348 e. The maximum absolute atomic E-state index is 12.3. The molecule has 0 saturated heterocycles. The van der Waals surface area contributed by atoms with Crippen LogP contribution in [0.15, 0.2) is 42.5 Å². The van der Waals surface area contributed by atoms with Gasteiger partial charge in [-0.15, -0.1) is 10.2 Å². The Balaban J connectivity index is 1.64. The first-order valence-corrected chi connectivity index (χ1v) is 8.77. The maximum Gasteiger partial charge on any atom is 0.244 e. The maximum atomic E-state index is 12.3. The zero-order valence-corrected chi connectivity index (χ0v) is 15.8. The van der Waals surface area contributed by atoms with Crippen LogP contribution < -0.4 is 5.32 Å². The van der Waals surface area contributed by atoms with E-state index in [1.165, 1.54) is 4.80 Å². The first-order valence-electron chi connectivity index (χ1n) is 8.01. The smallest absolute Gasteiger partial charge is 0.244 e. The highest BCUT2D eigenvalue weighted by Crippen LogP contribution is 2.26. The Hall–Kier alpha value is -2.44. The molecule has 8 heteroatoms. The molecule has 1 aromatic heterocycles. The second kappa shape index (κ2) is 7.85. The molecular formula is C18H17Cl2N5O. The van der Waals surface area contributed by atoms with Crippen LogP contribution in [0, 0.1) is 6.92 Å². The van der Waals surface area contributed by atoms with Crippen molar-refractivity contribution in [1.82, 2.24) is 25.5 Å². The first kappa shape index (κ1) is 18.4. The number of aryl methyl sites for hydroxylation is 1. The van der Waals surface area contributed by atoms with Gasteiger partial charge in [-0.2, -0.15) is 4.80 Å². The van der Waals surface area contributed by atoms with Crippen molar-refractivity contribution in [2.45, 2.75) is 26.4 Å². The van der Waals surface area contributed by atoms with E-state index in [2.05, 4.69) is 20.7 Å². The summed E-state index contributed by atoms with van der Waals surface area (Å²) in [6.07, 6.45) is 0. The molecule has 0 aliphatic heterocycles. The van der Waals surface area contributed by atoms with E-state index in [9.17, 15) is 4.79 Å². The number of aromatic nitrogens is 4. The quantitative estimate of drug-likeness (QED) is 0.719. The molecule has 0 saturated carbocycles. The molecule has 0 radical (unpaired) electrons. The average Bonchev–Trinajstić information content (AvgIpc) is 3.03. The lowest BCUT2D eigenvalue weighted by Crippen LogP contribution is -2.31. The summed E-state index contributed by atoms with van der Waals surface area (Å²) in [5.74, 6) is 0.239. The minimum atomic E-state index is -0.271. The van der Waals surface area contributed by atoms with Gasteiger partial charge in [0.15, 0.2) is 0 Å². The summed E-state index contributed by atoms with van der Waals surface area (Å²) in [6.45, 7) is 3.82. The van der Waals surface area contributed by atoms with Gasteiger partial charge in [0.25, 0.3) is 0 Å². The number of benzene rings is 2. The van der Waals surface area contributed by atoms with Gasteiger partial charge in [0, 0.05) is 15.6 Å². The van der Waals surface area contributed by atoms with Crippen molar-refractivity contribution in [3.63, 3.8) is 0 Å². The first-order chi connectivity index (χ1) is 12.4. The van der Waals surface area contributed by atoms with E-state index < -0.39 is 0 Å². The van der Waals surface area contributed by atoms with Crippen molar-refractivity contribution in [3.05, 3.63) is 63.6 Å². The molecule has 6 nitrogen and oxygen atoms in total. The summed E-state index contributed by atoms with van der Waals surface area (Å²) < 4.78 is 0. The van der Waals surface area contributed by atoms with Gasteiger partial charge in [-0.05, 0) is 36.8 Å². The van der Waals surface area contributed by atoms with Crippen molar-refractivity contribution in [2.24, 2.45) is 0 Å². The fraction of sp³-hybridized carbons (Fsp3) is 0.222. The summed E-state index contributed by atoms with van der Waals surface area (Å²) in [7, 11) is 0. The van der Waals surface area contributed by atoms with Crippen LogP contribution in [0.2, 0.25) is 10.0 Å². The zero-order chi connectivity index (χ0) is 18.7. The summed E-state index contributed by atoms with van der Waals surface area (Å²) in [4.78, 5) is 13.5. The van der Waals surface area contributed by atoms with Crippen molar-refractivity contribution in [3.8, 4) is 11.4 Å². The molecular weight excluding hydrogens is 373 g/mol. The fourth-order valence-electron chi connectivity index (χ4n) is 2.47. The summed E-state index contributed by atoms with van der Waals surface area (Å²) in [5.41, 5.74) is 2.79. The SMILES string of the molecule is Cc1ccc(-c2nnn(CC(=O)N[C@H](C)c3ccc(Cl)cc3Cl)n2)cc1. The number of carbonyl (C=O) groups is 1. The van der Waals surface area contributed by atoms with E-state index >= 15 is 0 Å². The fourth-order valence-corrected chi connectivity index (χ4v) is 3.05. The molecule has 0 bridgehead atoms. The van der Waals surface area contributed by atoms with E-state index in [4.69, 9.17) is 23.2 Å². The molecule has 0 aliphatic rings. The molecule has 0 aliphatic carbocycles. The van der Waals surface area contributed by atoms with Gasteiger partial charge in [-0.25, -0.2) is 0 Å². The molecule has 0 fully saturated rings. The van der Waals surface area contributed by atoms with E-state index in [1.807, 2.05) is 38.1 Å². The molecule has 0 unspecified atom stereocenters. The number of nitrogens with one attached hydrogen (secondary N) is 1. The van der Waals surface area contributed by atoms with Crippen molar-refractivity contribution >= 4 is 29.1 Å². The Morgan fingerprint density at radius 3 is 2.62 bits per heavy atom. The molecule has 1 atom stereocenters. The molecule has 26 heavy (non-hydrogen) atoms. The number of rotatable bonds is 5. The van der Waals surface area contributed by atoms with Crippen LogP contribution in [-0.2, 0) is 11.3 Å². The van der Waals surface area contributed by atoms with Crippen LogP contribution in [0.5, 0.6) is 0 Å². The van der Waals surface area contributed by atoms with Crippen LogP contribution >= 0.6 is 23.2 Å². The Bertz CT molecular complexity index is 924. The van der Waals surface area contributed by atoms with Crippen molar-refractivity contribution in [2.75, 3.05) is 0 Å². The monoisotopic (exact) mass is 389 g/mol. The largest absolute Gasteiger partial charge is 0.348 e. The number of hydrogen-bond donors (Lipinski definition) is 1. The van der Waals surface area contributed by atoms with E-state index in [0.29, 0.717) is 15.9 Å². The van der Waals surface area contributed by atoms with E-state index in [-0.39, 0.29) is 18.5 Å². The molecule has 0 spiro atoms. The molecule has 2 aromatic carbocycles. The Labute approximate surface area is 161 Å². The second-order valence-electron chi connectivity index (χ2n) is 5.96. The lowest BCUT2D eigenvalue weighted by molar-refractivity contribution is -0.122. The molecule has 3 rings (SSSR count). The molecule has 1 heterocycles.